The predicted octanol–water partition coefficient (Wildman–Crippen LogP) is 3.24. The summed E-state index contributed by atoms with van der Waals surface area (Å²) in [5.41, 5.74) is 1.05. The second kappa shape index (κ2) is 7.99. The number of amides is 1. The Kier molecular flexibility index (Phi) is 5.14. The molecule has 1 aromatic heterocycles. The third-order valence-electron chi connectivity index (χ3n) is 5.78. The van der Waals surface area contributed by atoms with Crippen molar-refractivity contribution in [1.82, 2.24) is 9.13 Å². The lowest BCUT2D eigenvalue weighted by Gasteiger charge is -2.17. The second-order valence-corrected chi connectivity index (χ2v) is 8.60. The molecule has 3 aliphatic rings. The first-order valence-electron chi connectivity index (χ1n) is 10.6. The highest BCUT2D eigenvalue weighted by Gasteiger charge is 2.36. The van der Waals surface area contributed by atoms with E-state index >= 15 is 0 Å². The number of carbonyl (C=O) groups is 1. The van der Waals surface area contributed by atoms with Gasteiger partial charge in [0.1, 0.15) is 5.82 Å². The summed E-state index contributed by atoms with van der Waals surface area (Å²) in [5.74, 6) is 6.11. The van der Waals surface area contributed by atoms with Crippen LogP contribution in [0.3, 0.4) is 0 Å². The smallest absolute Gasteiger partial charge is 0.415 e. The second-order valence-electron chi connectivity index (χ2n) is 8.19. The van der Waals surface area contributed by atoms with E-state index in [9.17, 15) is 14.4 Å². The van der Waals surface area contributed by atoms with E-state index in [0.717, 1.165) is 25.7 Å². The van der Waals surface area contributed by atoms with Crippen molar-refractivity contribution in [3.8, 4) is 11.8 Å². The summed E-state index contributed by atoms with van der Waals surface area (Å²) >= 11 is 6.11. The van der Waals surface area contributed by atoms with Crippen molar-refractivity contribution in [2.45, 2.75) is 44.2 Å². The van der Waals surface area contributed by atoms with Gasteiger partial charge >= 0.3 is 11.8 Å². The van der Waals surface area contributed by atoms with Crippen LogP contribution in [0.4, 0.5) is 16.3 Å². The molecule has 2 fully saturated rings. The van der Waals surface area contributed by atoms with Crippen LogP contribution < -0.4 is 16.1 Å². The summed E-state index contributed by atoms with van der Waals surface area (Å²) in [6.07, 6.45) is 3.26. The van der Waals surface area contributed by atoms with Crippen molar-refractivity contribution in [1.29, 1.82) is 0 Å². The summed E-state index contributed by atoms with van der Waals surface area (Å²) in [7, 11) is 1.57. The monoisotopic (exact) mass is 452 g/mol. The lowest BCUT2D eigenvalue weighted by atomic mass is 10.2. The number of hydrogen-bond acceptors (Lipinski definition) is 5. The number of rotatable bonds is 4. The van der Waals surface area contributed by atoms with Crippen LogP contribution in [0.1, 0.15) is 43.3 Å². The lowest BCUT2D eigenvalue weighted by Crippen LogP contribution is -2.40. The molecule has 2 aliphatic carbocycles. The Bertz CT molecular complexity index is 1320. The topological polar surface area (TPSA) is 85.9 Å². The molecule has 164 valence electrons. The maximum atomic E-state index is 12.9. The highest BCUT2D eigenvalue weighted by molar-refractivity contribution is 6.33. The van der Waals surface area contributed by atoms with Gasteiger partial charge in [0.15, 0.2) is 6.61 Å². The van der Waals surface area contributed by atoms with Gasteiger partial charge < -0.3 is 4.74 Å². The van der Waals surface area contributed by atoms with Crippen molar-refractivity contribution in [3.63, 3.8) is 0 Å². The molecule has 0 bridgehead atoms. The molecule has 0 atom stereocenters. The zero-order valence-corrected chi connectivity index (χ0v) is 18.3. The fourth-order valence-corrected chi connectivity index (χ4v) is 4.10. The number of nitrogens with zero attached hydrogens (tertiary/aromatic N) is 4. The van der Waals surface area contributed by atoms with Gasteiger partial charge in [0.2, 0.25) is 0 Å². The molecule has 0 spiro atoms. The molecule has 0 radical (unpaired) electrons. The zero-order valence-electron chi connectivity index (χ0n) is 17.5. The van der Waals surface area contributed by atoms with Crippen LogP contribution in [-0.2, 0) is 11.2 Å². The number of benzene rings is 1. The molecule has 0 saturated heterocycles. The van der Waals surface area contributed by atoms with Crippen LogP contribution in [0, 0.1) is 11.8 Å². The Labute approximate surface area is 189 Å². The zero-order chi connectivity index (χ0) is 22.4. The molecule has 2 saturated carbocycles. The van der Waals surface area contributed by atoms with Crippen molar-refractivity contribution < 1.29 is 9.53 Å². The Morgan fingerprint density at radius 3 is 2.56 bits per heavy atom. The molecule has 5 rings (SSSR count). The highest BCUT2D eigenvalue weighted by Crippen LogP contribution is 2.40. The largest absolute Gasteiger partial charge is 0.436 e. The van der Waals surface area contributed by atoms with E-state index in [1.807, 2.05) is 0 Å². The molecule has 0 N–H and O–H groups in total. The van der Waals surface area contributed by atoms with Crippen molar-refractivity contribution >= 4 is 34.9 Å². The Morgan fingerprint density at radius 1 is 1.19 bits per heavy atom. The van der Waals surface area contributed by atoms with E-state index in [4.69, 9.17) is 16.3 Å². The van der Waals surface area contributed by atoms with Crippen LogP contribution in [0.5, 0.6) is 0 Å². The molecular formula is C23H21ClN4O4. The third-order valence-corrected chi connectivity index (χ3v) is 6.10. The average molecular weight is 453 g/mol. The summed E-state index contributed by atoms with van der Waals surface area (Å²) in [5, 5.41) is 0.440. The summed E-state index contributed by atoms with van der Waals surface area (Å²) in [4.78, 5) is 43.9. The predicted molar refractivity (Wildman–Crippen MR) is 121 cm³/mol. The molecular weight excluding hydrogens is 432 g/mol. The summed E-state index contributed by atoms with van der Waals surface area (Å²) in [6.45, 7) is -0.134. The number of aliphatic imine (C=N–C) groups is 1. The van der Waals surface area contributed by atoms with E-state index in [0.29, 0.717) is 27.8 Å². The van der Waals surface area contributed by atoms with Gasteiger partial charge in [0.25, 0.3) is 5.56 Å². The summed E-state index contributed by atoms with van der Waals surface area (Å²) < 4.78 is 8.27. The minimum atomic E-state index is -0.584. The molecule has 2 aromatic rings. The fraction of sp³-hybridized carbons (Fsp3) is 0.391. The van der Waals surface area contributed by atoms with Crippen LogP contribution in [0.2, 0.25) is 5.02 Å². The summed E-state index contributed by atoms with van der Waals surface area (Å²) in [6, 6.07) is 7.08. The number of halogens is 1. The van der Waals surface area contributed by atoms with Gasteiger partial charge in [0.05, 0.1) is 22.0 Å². The van der Waals surface area contributed by atoms with Gasteiger partial charge in [-0.3, -0.25) is 18.8 Å². The third kappa shape index (κ3) is 3.73. The van der Waals surface area contributed by atoms with Gasteiger partial charge in [-0.15, -0.1) is 0 Å². The Hall–Kier alpha value is -3.31. The fourth-order valence-electron chi connectivity index (χ4n) is 3.83. The number of carbonyl (C=O) groups excluding carboxylic acids is 1. The van der Waals surface area contributed by atoms with Crippen molar-refractivity contribution in [3.05, 3.63) is 55.7 Å². The molecule has 9 heteroatoms. The first-order valence-corrected chi connectivity index (χ1v) is 10.9. The van der Waals surface area contributed by atoms with Crippen LogP contribution in [-0.4, -0.2) is 34.6 Å². The molecule has 2 heterocycles. The minimum Gasteiger partial charge on any atom is -0.436 e. The molecule has 1 aliphatic heterocycles. The number of aromatic nitrogens is 2. The van der Waals surface area contributed by atoms with Crippen LogP contribution >= 0.6 is 11.6 Å². The maximum Gasteiger partial charge on any atom is 0.415 e. The average Bonchev–Trinajstić information content (AvgIpc) is 3.70. The van der Waals surface area contributed by atoms with Gasteiger partial charge in [-0.1, -0.05) is 29.7 Å². The van der Waals surface area contributed by atoms with Crippen molar-refractivity contribution in [2.75, 3.05) is 18.6 Å². The highest BCUT2D eigenvalue weighted by atomic mass is 35.5. The molecule has 8 nitrogen and oxygen atoms in total. The van der Waals surface area contributed by atoms with E-state index in [2.05, 4.69) is 16.8 Å². The number of para-hydroxylation sites is 1. The standard InChI is InChI=1S/C23H21ClN4O4/c1-26(19-7-3-2-6-18(19)24)23(31)32-12-4-5-14-13-17-20(25-14)27(15-8-9-15)22(30)28(21(17)29)16-10-11-16/h2-3,6-7,15-16H,8-13H2,1H3. The molecule has 1 amide bonds. The number of fused-ring (bicyclic) bond motifs is 1. The van der Waals surface area contributed by atoms with Crippen LogP contribution in [0.25, 0.3) is 0 Å². The first kappa shape index (κ1) is 20.6. The molecule has 0 unspecified atom stereocenters. The first-order chi connectivity index (χ1) is 15.5. The van der Waals surface area contributed by atoms with Gasteiger partial charge in [-0.25, -0.2) is 14.6 Å². The quantitative estimate of drug-likeness (QED) is 0.666. The molecule has 1 aromatic carbocycles. The Morgan fingerprint density at radius 2 is 1.88 bits per heavy atom. The van der Waals surface area contributed by atoms with Crippen LogP contribution in [0.15, 0.2) is 38.8 Å². The van der Waals surface area contributed by atoms with Gasteiger partial charge in [-0.2, -0.15) is 0 Å². The molecule has 32 heavy (non-hydrogen) atoms. The normalized spacial score (nSPS) is 16.6. The number of anilines is 1. The number of hydrogen-bond donors (Lipinski definition) is 0. The van der Waals surface area contributed by atoms with Gasteiger partial charge in [0, 0.05) is 25.6 Å². The van der Waals surface area contributed by atoms with Gasteiger partial charge in [-0.05, 0) is 43.7 Å². The lowest BCUT2D eigenvalue weighted by molar-refractivity contribution is 0.169. The number of ether oxygens (including phenoxy) is 1. The van der Waals surface area contributed by atoms with Crippen molar-refractivity contribution in [2.24, 2.45) is 4.99 Å². The maximum absolute atomic E-state index is 12.9. The van der Waals surface area contributed by atoms with E-state index in [1.54, 1.807) is 35.9 Å². The van der Waals surface area contributed by atoms with E-state index in [-0.39, 0.29) is 36.4 Å². The SMILES string of the molecule is CN(C(=O)OCC#CC1=Nc2c(c(=O)n(C3CC3)c(=O)n2C2CC2)C1)c1ccccc1Cl. The van der Waals surface area contributed by atoms with E-state index < -0.39 is 6.09 Å². The Balaban J connectivity index is 1.30. The van der Waals surface area contributed by atoms with E-state index in [1.165, 1.54) is 9.47 Å². The minimum absolute atomic E-state index is 0.00922.